The second-order valence-corrected chi connectivity index (χ2v) is 17.9. The van der Waals surface area contributed by atoms with E-state index in [4.69, 9.17) is 29.6 Å². The van der Waals surface area contributed by atoms with Crippen LogP contribution in [0.2, 0.25) is 0 Å². The third-order valence-electron chi connectivity index (χ3n) is 11.5. The summed E-state index contributed by atoms with van der Waals surface area (Å²) in [6.07, 6.45) is 0.539. The number of carboxylic acid groups (broad SMARTS) is 2. The van der Waals surface area contributed by atoms with Crippen LogP contribution in [0.15, 0.2) is 204 Å². The minimum absolute atomic E-state index is 0. The number of hydrogen-bond acceptors (Lipinski definition) is 14. The van der Waals surface area contributed by atoms with E-state index >= 15 is 0 Å². The number of allylic oxidation sites excluding steroid dienone is 1. The maximum atomic E-state index is 14.6. The number of ether oxygens (including phenoxy) is 1. The van der Waals surface area contributed by atoms with Crippen molar-refractivity contribution >= 4 is 69.6 Å². The summed E-state index contributed by atoms with van der Waals surface area (Å²) in [5, 5.41) is 38.8. The molecule has 1 aromatic heterocycles. The van der Waals surface area contributed by atoms with E-state index in [1.165, 1.54) is 47.2 Å². The smallest absolute Gasteiger partial charge is 0.565 e. The third-order valence-corrected chi connectivity index (χ3v) is 13.6. The average Bonchev–Trinajstić information content (AvgIpc) is 3.88. The standard InChI is InChI=1S/C53H42N6O7S2.CH2O3.Na/c1-65-57-44(43-34-68-52(54-43)56-53(39-21-11-4-12-22-39,40-23-13-5-14-24-40)41-25-15-6-16-26-41)48(60)55-45-49(61)58-46(38(33-67-50(45)58)30-27-35-28-31-42(32-29-35)59(63)64)51(62)66-47(36-17-7-2-8-18-36)37-19-9-3-10-20-37;2-1(3)4;/h2-32,34,45,47,50H,33H2,1H3,(H,54,56)(H,55,60);(H2,2,3,4);/q;;+1/p-1/t45?,50-;;/m1../s1. The van der Waals surface area contributed by atoms with Crippen LogP contribution in [0.3, 0.4) is 0 Å². The molecule has 1 unspecified atom stereocenters. The number of nitro groups is 1. The van der Waals surface area contributed by atoms with Crippen LogP contribution in [0.5, 0.6) is 0 Å². The van der Waals surface area contributed by atoms with Gasteiger partial charge in [-0.25, -0.2) is 9.78 Å². The number of anilines is 1. The Kier molecular flexibility index (Phi) is 17.8. The van der Waals surface area contributed by atoms with Crippen molar-refractivity contribution in [1.29, 1.82) is 0 Å². The van der Waals surface area contributed by atoms with Gasteiger partial charge >= 0.3 is 35.5 Å². The van der Waals surface area contributed by atoms with Gasteiger partial charge in [0, 0.05) is 23.3 Å². The topological polar surface area (TPSA) is 226 Å². The summed E-state index contributed by atoms with van der Waals surface area (Å²) >= 11 is 2.65. The zero-order chi connectivity index (χ0) is 50.6. The van der Waals surface area contributed by atoms with Gasteiger partial charge in [-0.3, -0.25) is 24.6 Å². The monoisotopic (exact) mass is 1020 g/mol. The fourth-order valence-corrected chi connectivity index (χ4v) is 10.4. The van der Waals surface area contributed by atoms with Crippen LogP contribution >= 0.6 is 23.1 Å². The third kappa shape index (κ3) is 12.1. The molecular formula is C54H43N6NaO10S2. The Labute approximate surface area is 449 Å². The van der Waals surface area contributed by atoms with E-state index in [0.717, 1.165) is 27.8 Å². The number of nitrogens with one attached hydrogen (secondary N) is 2. The number of aromatic nitrogens is 1. The van der Waals surface area contributed by atoms with Gasteiger partial charge in [0.25, 0.3) is 17.5 Å². The molecule has 0 radical (unpaired) electrons. The molecular weight excluding hydrogens is 980 g/mol. The number of fused-ring (bicyclic) bond motifs is 1. The molecule has 362 valence electrons. The molecule has 19 heteroatoms. The number of carbonyl (C=O) groups excluding carboxylic acids is 3. The number of rotatable bonds is 16. The largest absolute Gasteiger partial charge is 1.00 e. The van der Waals surface area contributed by atoms with Gasteiger partial charge in [-0.1, -0.05) is 169 Å². The Morgan fingerprint density at radius 1 is 0.808 bits per heavy atom. The Hall–Kier alpha value is -7.87. The van der Waals surface area contributed by atoms with Crippen molar-refractivity contribution in [2.75, 3.05) is 18.2 Å². The predicted molar refractivity (Wildman–Crippen MR) is 272 cm³/mol. The van der Waals surface area contributed by atoms with E-state index < -0.39 is 51.9 Å². The number of amides is 2. The van der Waals surface area contributed by atoms with Crippen LogP contribution in [0.25, 0.3) is 6.08 Å². The molecule has 7 aromatic rings. The first-order chi connectivity index (χ1) is 35.0. The Morgan fingerprint density at radius 2 is 1.30 bits per heavy atom. The number of oxime groups is 1. The number of β-lactam (4-membered cyclic amide) rings is 1. The molecule has 6 aromatic carbocycles. The number of nitro benzene ring substituents is 1. The summed E-state index contributed by atoms with van der Waals surface area (Å²) in [6, 6.07) is 53.7. The number of thioether (sulfide) groups is 1. The summed E-state index contributed by atoms with van der Waals surface area (Å²) < 4.78 is 6.31. The molecule has 2 atom stereocenters. The molecule has 0 bridgehead atoms. The first-order valence-electron chi connectivity index (χ1n) is 22.1. The van der Waals surface area contributed by atoms with E-state index in [-0.39, 0.29) is 58.1 Å². The van der Waals surface area contributed by atoms with Gasteiger partial charge < -0.3 is 35.2 Å². The molecule has 3 heterocycles. The molecule has 1 saturated heterocycles. The normalized spacial score (nSPS) is 15.2. The fourth-order valence-electron chi connectivity index (χ4n) is 8.30. The molecule has 16 nitrogen and oxygen atoms in total. The molecule has 73 heavy (non-hydrogen) atoms. The minimum Gasteiger partial charge on any atom is -0.565 e. The molecule has 2 aliphatic rings. The fraction of sp³-hybridized carbons (Fsp3) is 0.111. The predicted octanol–water partition coefficient (Wildman–Crippen LogP) is 5.40. The maximum absolute atomic E-state index is 14.6. The first kappa shape index (κ1) is 52.9. The van der Waals surface area contributed by atoms with Crippen molar-refractivity contribution in [3.05, 3.63) is 248 Å². The molecule has 2 aliphatic heterocycles. The van der Waals surface area contributed by atoms with Crippen LogP contribution < -0.4 is 45.3 Å². The second kappa shape index (κ2) is 24.5. The molecule has 1 fully saturated rings. The van der Waals surface area contributed by atoms with Crippen LogP contribution in [0.1, 0.15) is 45.2 Å². The Balaban J connectivity index is 0.00000151. The van der Waals surface area contributed by atoms with Crippen molar-refractivity contribution in [2.24, 2.45) is 5.16 Å². The quantitative estimate of drug-likeness (QED) is 0.0210. The first-order valence-corrected chi connectivity index (χ1v) is 24.0. The Bertz CT molecular complexity index is 3010. The SMILES string of the molecule is CON=C(C(=O)NC1C(=O)N2C(C(=O)OC(c3ccccc3)c3ccccc3)=C(C=Cc3ccc([N+](=O)[O-])cc3)CS[C@H]12)c1csc(NC(c2ccccc2)(c2ccccc2)c2ccccc2)n1.O=C([O-])O.[Na+]. The summed E-state index contributed by atoms with van der Waals surface area (Å²) in [6.45, 7) is 0. The summed E-state index contributed by atoms with van der Waals surface area (Å²) in [7, 11) is 1.32. The van der Waals surface area contributed by atoms with E-state index in [1.807, 2.05) is 115 Å². The van der Waals surface area contributed by atoms with E-state index in [2.05, 4.69) is 52.2 Å². The number of hydrogen-bond donors (Lipinski definition) is 3. The van der Waals surface area contributed by atoms with Gasteiger partial charge in [-0.15, -0.1) is 23.1 Å². The minimum atomic E-state index is -2.08. The second-order valence-electron chi connectivity index (χ2n) is 15.9. The number of esters is 1. The van der Waals surface area contributed by atoms with Gasteiger partial charge in [0.05, 0.1) is 4.92 Å². The van der Waals surface area contributed by atoms with Crippen molar-refractivity contribution in [2.45, 2.75) is 23.1 Å². The van der Waals surface area contributed by atoms with Gasteiger partial charge in [-0.2, -0.15) is 0 Å². The average molecular weight is 1020 g/mol. The van der Waals surface area contributed by atoms with Crippen molar-refractivity contribution in [3.8, 4) is 0 Å². The van der Waals surface area contributed by atoms with E-state index in [1.54, 1.807) is 29.7 Å². The summed E-state index contributed by atoms with van der Waals surface area (Å²) in [5.74, 6) is -1.71. The van der Waals surface area contributed by atoms with E-state index in [9.17, 15) is 24.5 Å². The van der Waals surface area contributed by atoms with E-state index in [0.29, 0.717) is 16.3 Å². The molecule has 2 amide bonds. The van der Waals surface area contributed by atoms with Crippen molar-refractivity contribution in [3.63, 3.8) is 0 Å². The maximum Gasteiger partial charge on any atom is 1.00 e. The van der Waals surface area contributed by atoms with Crippen LogP contribution in [0, 0.1) is 10.1 Å². The van der Waals surface area contributed by atoms with Gasteiger partial charge in [0.2, 0.25) is 6.16 Å². The van der Waals surface area contributed by atoms with Gasteiger partial charge in [0.15, 0.2) is 16.9 Å². The zero-order valence-electron chi connectivity index (χ0n) is 39.1. The number of benzene rings is 6. The molecule has 0 spiro atoms. The molecule has 3 N–H and O–H groups in total. The number of thiazole rings is 1. The van der Waals surface area contributed by atoms with Crippen LogP contribution in [-0.2, 0) is 29.5 Å². The summed E-state index contributed by atoms with van der Waals surface area (Å²) in [4.78, 5) is 73.9. The summed E-state index contributed by atoms with van der Waals surface area (Å²) in [5.41, 5.74) is 4.65. The van der Waals surface area contributed by atoms with Gasteiger partial charge in [0.1, 0.15) is 35.5 Å². The zero-order valence-corrected chi connectivity index (χ0v) is 42.8. The van der Waals surface area contributed by atoms with Crippen LogP contribution in [-0.4, -0.2) is 73.8 Å². The van der Waals surface area contributed by atoms with Crippen molar-refractivity contribution < 1.29 is 73.4 Å². The molecule has 9 rings (SSSR count). The number of non-ortho nitro benzene ring substituents is 1. The Morgan fingerprint density at radius 3 is 1.78 bits per heavy atom. The molecule has 0 saturated carbocycles. The van der Waals surface area contributed by atoms with Gasteiger partial charge in [-0.05, 0) is 51.1 Å². The number of nitrogens with zero attached hydrogens (tertiary/aromatic N) is 4. The number of carbonyl (C=O) groups is 4. The van der Waals surface area contributed by atoms with Crippen LogP contribution in [0.4, 0.5) is 15.6 Å². The van der Waals surface area contributed by atoms with Crippen molar-refractivity contribution in [1.82, 2.24) is 15.2 Å². The molecule has 0 aliphatic carbocycles.